The van der Waals surface area contributed by atoms with Crippen molar-refractivity contribution in [2.75, 3.05) is 6.54 Å². The van der Waals surface area contributed by atoms with Crippen LogP contribution in [0.3, 0.4) is 0 Å². The highest BCUT2D eigenvalue weighted by Crippen LogP contribution is 2.23. The fourth-order valence-corrected chi connectivity index (χ4v) is 4.10. The molecule has 1 aromatic heterocycles. The second-order valence-corrected chi connectivity index (χ2v) is 9.10. The molecule has 3 aromatic rings. The van der Waals surface area contributed by atoms with Crippen molar-refractivity contribution in [3.63, 3.8) is 0 Å². The Hall–Kier alpha value is -3.69. The van der Waals surface area contributed by atoms with Gasteiger partial charge in [0.05, 0.1) is 23.7 Å². The standard InChI is InChI=1S/C29H32N2O4/c1-4-14-30-28(33)23(15-20(2)3)18-26(32)27(16-21-10-6-5-7-11-21)35-29(34)24-17-22-12-8-9-13-25(22)31-19-24/h1,5-13,17,19-20,23,26-27,32H,14-16,18H2,2-3H3,(H,30,33)/t23-,26+,27+/m1/s1. The monoisotopic (exact) mass is 472 g/mol. The molecule has 0 aliphatic carbocycles. The van der Waals surface area contributed by atoms with Gasteiger partial charge in [0.2, 0.25) is 5.91 Å². The number of aliphatic hydroxyl groups excluding tert-OH is 1. The Bertz CT molecular complexity index is 1170. The van der Waals surface area contributed by atoms with Gasteiger partial charge in [-0.05, 0) is 36.5 Å². The van der Waals surface area contributed by atoms with Crippen molar-refractivity contribution in [1.82, 2.24) is 10.3 Å². The first-order valence-electron chi connectivity index (χ1n) is 11.9. The summed E-state index contributed by atoms with van der Waals surface area (Å²) in [6, 6.07) is 18.7. The number of pyridine rings is 1. The van der Waals surface area contributed by atoms with E-state index in [-0.39, 0.29) is 24.8 Å². The lowest BCUT2D eigenvalue weighted by molar-refractivity contribution is -0.127. The molecule has 0 aliphatic rings. The lowest BCUT2D eigenvalue weighted by atomic mass is 9.88. The SMILES string of the molecule is C#CCNC(=O)[C@H](CC(C)C)C[C@H](O)[C@H](Cc1ccccc1)OC(=O)c1cnc2ccccc2c1. The highest BCUT2D eigenvalue weighted by Gasteiger charge is 2.30. The van der Waals surface area contributed by atoms with Crippen LogP contribution in [0.25, 0.3) is 10.9 Å². The number of benzene rings is 2. The van der Waals surface area contributed by atoms with Gasteiger partial charge < -0.3 is 15.2 Å². The minimum absolute atomic E-state index is 0.126. The fourth-order valence-electron chi connectivity index (χ4n) is 4.10. The Labute approximate surface area is 206 Å². The number of hydrogen-bond donors (Lipinski definition) is 2. The van der Waals surface area contributed by atoms with E-state index >= 15 is 0 Å². The number of carbonyl (C=O) groups excluding carboxylic acids is 2. The summed E-state index contributed by atoms with van der Waals surface area (Å²) in [5.74, 6) is 1.40. The van der Waals surface area contributed by atoms with Crippen molar-refractivity contribution in [1.29, 1.82) is 0 Å². The predicted molar refractivity (Wildman–Crippen MR) is 137 cm³/mol. The third kappa shape index (κ3) is 7.66. The van der Waals surface area contributed by atoms with Gasteiger partial charge >= 0.3 is 5.97 Å². The third-order valence-corrected chi connectivity index (χ3v) is 5.81. The average molecular weight is 473 g/mol. The molecule has 0 unspecified atom stereocenters. The van der Waals surface area contributed by atoms with Crippen LogP contribution in [0.5, 0.6) is 0 Å². The second kappa shape index (κ2) is 12.7. The minimum atomic E-state index is -1.05. The summed E-state index contributed by atoms with van der Waals surface area (Å²) < 4.78 is 5.82. The largest absolute Gasteiger partial charge is 0.456 e. The van der Waals surface area contributed by atoms with Crippen LogP contribution >= 0.6 is 0 Å². The lowest BCUT2D eigenvalue weighted by Gasteiger charge is -2.27. The molecule has 2 aromatic carbocycles. The first kappa shape index (κ1) is 25.9. The maximum absolute atomic E-state index is 13.1. The zero-order chi connectivity index (χ0) is 25.2. The van der Waals surface area contributed by atoms with Crippen molar-refractivity contribution in [2.24, 2.45) is 11.8 Å². The zero-order valence-corrected chi connectivity index (χ0v) is 20.2. The number of aromatic nitrogens is 1. The molecule has 2 N–H and O–H groups in total. The summed E-state index contributed by atoms with van der Waals surface area (Å²) in [6.07, 6.45) is 5.91. The van der Waals surface area contributed by atoms with Crippen LogP contribution in [-0.4, -0.2) is 40.7 Å². The average Bonchev–Trinajstić information content (AvgIpc) is 2.86. The van der Waals surface area contributed by atoms with Crippen LogP contribution in [-0.2, 0) is 16.0 Å². The molecule has 1 amide bonds. The van der Waals surface area contributed by atoms with Crippen molar-refractivity contribution in [3.05, 3.63) is 78.0 Å². The lowest BCUT2D eigenvalue weighted by Crippen LogP contribution is -2.39. The Kier molecular flexibility index (Phi) is 9.39. The molecule has 0 saturated carbocycles. The number of ether oxygens (including phenoxy) is 1. The van der Waals surface area contributed by atoms with Gasteiger partial charge in [-0.1, -0.05) is 68.3 Å². The van der Waals surface area contributed by atoms with E-state index in [2.05, 4.69) is 16.2 Å². The topological polar surface area (TPSA) is 88.5 Å². The number of amides is 1. The quantitative estimate of drug-likeness (QED) is 0.323. The summed E-state index contributed by atoms with van der Waals surface area (Å²) in [5.41, 5.74) is 2.00. The molecule has 1 heterocycles. The van der Waals surface area contributed by atoms with Crippen molar-refractivity contribution in [3.8, 4) is 12.3 Å². The van der Waals surface area contributed by atoms with Crippen molar-refractivity contribution >= 4 is 22.8 Å². The highest BCUT2D eigenvalue weighted by atomic mass is 16.6. The maximum atomic E-state index is 13.1. The normalized spacial score (nSPS) is 13.6. The van der Waals surface area contributed by atoms with E-state index in [4.69, 9.17) is 11.2 Å². The molecule has 0 bridgehead atoms. The van der Waals surface area contributed by atoms with Gasteiger partial charge in [0.1, 0.15) is 6.10 Å². The zero-order valence-electron chi connectivity index (χ0n) is 20.2. The first-order valence-corrected chi connectivity index (χ1v) is 11.9. The summed E-state index contributed by atoms with van der Waals surface area (Å²) in [7, 11) is 0. The number of hydrogen-bond acceptors (Lipinski definition) is 5. The molecule has 182 valence electrons. The Morgan fingerprint density at radius 3 is 2.51 bits per heavy atom. The number of esters is 1. The second-order valence-electron chi connectivity index (χ2n) is 9.10. The van der Waals surface area contributed by atoms with Gasteiger partial charge in [-0.3, -0.25) is 9.78 Å². The summed E-state index contributed by atoms with van der Waals surface area (Å²) in [4.78, 5) is 30.1. The number of nitrogens with zero attached hydrogens (tertiary/aromatic N) is 1. The highest BCUT2D eigenvalue weighted by molar-refractivity contribution is 5.93. The summed E-state index contributed by atoms with van der Waals surface area (Å²) in [6.45, 7) is 4.16. The van der Waals surface area contributed by atoms with Gasteiger partial charge in [0.25, 0.3) is 0 Å². The molecule has 3 rings (SSSR count). The number of para-hydroxylation sites is 1. The van der Waals surface area contributed by atoms with Crippen LogP contribution in [0, 0.1) is 24.2 Å². The molecule has 0 fully saturated rings. The van der Waals surface area contributed by atoms with Gasteiger partial charge in [-0.25, -0.2) is 4.79 Å². The molecule has 0 spiro atoms. The Morgan fingerprint density at radius 1 is 1.09 bits per heavy atom. The number of nitrogens with one attached hydrogen (secondary N) is 1. The number of aliphatic hydroxyl groups is 1. The number of rotatable bonds is 11. The molecule has 0 radical (unpaired) electrons. The molecular formula is C29H32N2O4. The van der Waals surface area contributed by atoms with E-state index in [1.165, 1.54) is 6.20 Å². The van der Waals surface area contributed by atoms with Crippen LogP contribution < -0.4 is 5.32 Å². The number of carbonyl (C=O) groups is 2. The molecular weight excluding hydrogens is 440 g/mol. The minimum Gasteiger partial charge on any atom is -0.456 e. The van der Waals surface area contributed by atoms with E-state index in [1.807, 2.05) is 68.4 Å². The van der Waals surface area contributed by atoms with Crippen molar-refractivity contribution in [2.45, 2.75) is 45.3 Å². The first-order chi connectivity index (χ1) is 16.9. The van der Waals surface area contributed by atoms with E-state index in [0.717, 1.165) is 16.5 Å². The molecule has 6 heteroatoms. The smallest absolute Gasteiger partial charge is 0.340 e. The molecule has 35 heavy (non-hydrogen) atoms. The molecule has 6 nitrogen and oxygen atoms in total. The summed E-state index contributed by atoms with van der Waals surface area (Å²) >= 11 is 0. The third-order valence-electron chi connectivity index (χ3n) is 5.81. The Morgan fingerprint density at radius 2 is 1.80 bits per heavy atom. The van der Waals surface area contributed by atoms with Crippen LogP contribution in [0.2, 0.25) is 0 Å². The molecule has 0 saturated heterocycles. The predicted octanol–water partition coefficient (Wildman–Crippen LogP) is 4.17. The molecule has 0 aliphatic heterocycles. The van der Waals surface area contributed by atoms with Crippen LogP contribution in [0.1, 0.15) is 42.6 Å². The van der Waals surface area contributed by atoms with Gasteiger partial charge in [-0.15, -0.1) is 6.42 Å². The van der Waals surface area contributed by atoms with Crippen molar-refractivity contribution < 1.29 is 19.4 Å². The van der Waals surface area contributed by atoms with E-state index < -0.39 is 24.1 Å². The summed E-state index contributed by atoms with van der Waals surface area (Å²) in [5, 5.41) is 14.7. The number of terminal acetylenes is 1. The fraction of sp³-hybridized carbons (Fsp3) is 0.345. The van der Waals surface area contributed by atoms with Gasteiger partial charge in [0, 0.05) is 23.9 Å². The van der Waals surface area contributed by atoms with Gasteiger partial charge in [-0.2, -0.15) is 0 Å². The Balaban J connectivity index is 1.81. The van der Waals surface area contributed by atoms with Crippen LogP contribution in [0.15, 0.2) is 66.9 Å². The molecule has 3 atom stereocenters. The van der Waals surface area contributed by atoms with E-state index in [1.54, 1.807) is 6.07 Å². The van der Waals surface area contributed by atoms with E-state index in [9.17, 15) is 14.7 Å². The number of fused-ring (bicyclic) bond motifs is 1. The van der Waals surface area contributed by atoms with E-state index in [0.29, 0.717) is 18.4 Å². The van der Waals surface area contributed by atoms with Crippen LogP contribution in [0.4, 0.5) is 0 Å². The van der Waals surface area contributed by atoms with Gasteiger partial charge in [0.15, 0.2) is 0 Å². The maximum Gasteiger partial charge on any atom is 0.340 e.